The van der Waals surface area contributed by atoms with Crippen molar-refractivity contribution < 1.29 is 9.18 Å². The van der Waals surface area contributed by atoms with Crippen molar-refractivity contribution >= 4 is 40.4 Å². The van der Waals surface area contributed by atoms with Gasteiger partial charge in [0.05, 0.1) is 21.3 Å². The maximum absolute atomic E-state index is 13.8. The lowest BCUT2D eigenvalue weighted by molar-refractivity contribution is 0.112. The predicted molar refractivity (Wildman–Crippen MR) is 79.1 cm³/mol. The summed E-state index contributed by atoms with van der Waals surface area (Å²) in [5.41, 5.74) is 1.91. The number of aromatic amines is 1. The van der Waals surface area contributed by atoms with Gasteiger partial charge in [-0.3, -0.25) is 4.79 Å². The van der Waals surface area contributed by atoms with E-state index in [1.165, 1.54) is 6.07 Å². The number of halogens is 3. The number of H-pyrrole nitrogens is 1. The standard InChI is InChI=1S/C15H8Cl2FNO/c16-11-5-4-8(6-12(11)17)14-10(7-20)9-2-1-3-13(18)15(9)19-14/h1-7,19H. The molecule has 0 fully saturated rings. The number of hydrogen-bond acceptors (Lipinski definition) is 1. The average molecular weight is 308 g/mol. The second-order valence-electron chi connectivity index (χ2n) is 4.32. The minimum atomic E-state index is -0.406. The summed E-state index contributed by atoms with van der Waals surface area (Å²) in [6.07, 6.45) is 0.704. The molecular weight excluding hydrogens is 300 g/mol. The second-order valence-corrected chi connectivity index (χ2v) is 5.14. The van der Waals surface area contributed by atoms with Crippen LogP contribution < -0.4 is 0 Å². The predicted octanol–water partition coefficient (Wildman–Crippen LogP) is 5.09. The van der Waals surface area contributed by atoms with Gasteiger partial charge in [0.1, 0.15) is 5.82 Å². The Morgan fingerprint density at radius 2 is 1.90 bits per heavy atom. The fourth-order valence-corrected chi connectivity index (χ4v) is 2.50. The number of aromatic nitrogens is 1. The van der Waals surface area contributed by atoms with Gasteiger partial charge in [-0.2, -0.15) is 0 Å². The van der Waals surface area contributed by atoms with Crippen molar-refractivity contribution in [3.63, 3.8) is 0 Å². The highest BCUT2D eigenvalue weighted by atomic mass is 35.5. The summed E-state index contributed by atoms with van der Waals surface area (Å²) in [6, 6.07) is 9.60. The highest BCUT2D eigenvalue weighted by molar-refractivity contribution is 6.42. The number of nitrogens with one attached hydrogen (secondary N) is 1. The largest absolute Gasteiger partial charge is 0.352 e. The lowest BCUT2D eigenvalue weighted by Gasteiger charge is -2.02. The smallest absolute Gasteiger partial charge is 0.152 e. The van der Waals surface area contributed by atoms with Crippen molar-refractivity contribution in [1.82, 2.24) is 4.98 Å². The SMILES string of the molecule is O=Cc1c(-c2ccc(Cl)c(Cl)c2)[nH]c2c(F)cccc12. The Balaban J connectivity index is 2.33. The zero-order valence-electron chi connectivity index (χ0n) is 10.1. The molecule has 0 amide bonds. The zero-order chi connectivity index (χ0) is 14.3. The van der Waals surface area contributed by atoms with Gasteiger partial charge in [0, 0.05) is 16.5 Å². The van der Waals surface area contributed by atoms with Gasteiger partial charge in [-0.05, 0) is 18.2 Å². The van der Waals surface area contributed by atoms with Crippen LogP contribution in [-0.2, 0) is 0 Å². The number of benzene rings is 2. The zero-order valence-corrected chi connectivity index (χ0v) is 11.6. The number of para-hydroxylation sites is 1. The fraction of sp³-hybridized carbons (Fsp3) is 0. The lowest BCUT2D eigenvalue weighted by Crippen LogP contribution is -1.84. The van der Waals surface area contributed by atoms with Crippen molar-refractivity contribution in [3.8, 4) is 11.3 Å². The molecule has 5 heteroatoms. The molecule has 0 saturated heterocycles. The number of rotatable bonds is 2. The summed E-state index contributed by atoms with van der Waals surface area (Å²) >= 11 is 11.9. The quantitative estimate of drug-likeness (QED) is 0.657. The molecule has 1 N–H and O–H groups in total. The van der Waals surface area contributed by atoms with Crippen molar-refractivity contribution in [2.45, 2.75) is 0 Å². The highest BCUT2D eigenvalue weighted by Gasteiger charge is 2.15. The fourth-order valence-electron chi connectivity index (χ4n) is 2.20. The van der Waals surface area contributed by atoms with Crippen LogP contribution in [0.2, 0.25) is 10.0 Å². The second kappa shape index (κ2) is 4.93. The molecule has 1 heterocycles. The van der Waals surface area contributed by atoms with Crippen molar-refractivity contribution in [2.24, 2.45) is 0 Å². The molecule has 0 atom stereocenters. The van der Waals surface area contributed by atoms with Crippen LogP contribution in [0, 0.1) is 5.82 Å². The van der Waals surface area contributed by atoms with E-state index < -0.39 is 5.82 Å². The van der Waals surface area contributed by atoms with Gasteiger partial charge in [-0.15, -0.1) is 0 Å². The summed E-state index contributed by atoms with van der Waals surface area (Å²) in [5.74, 6) is -0.406. The van der Waals surface area contributed by atoms with Gasteiger partial charge < -0.3 is 4.98 Å². The van der Waals surface area contributed by atoms with Crippen LogP contribution in [0.15, 0.2) is 36.4 Å². The van der Waals surface area contributed by atoms with E-state index in [4.69, 9.17) is 23.2 Å². The Morgan fingerprint density at radius 1 is 1.10 bits per heavy atom. The minimum absolute atomic E-state index is 0.302. The summed E-state index contributed by atoms with van der Waals surface area (Å²) in [4.78, 5) is 14.3. The molecule has 0 aliphatic heterocycles. The Hall–Kier alpha value is -1.84. The first-order valence-electron chi connectivity index (χ1n) is 5.82. The van der Waals surface area contributed by atoms with E-state index in [2.05, 4.69) is 4.98 Å². The van der Waals surface area contributed by atoms with E-state index in [-0.39, 0.29) is 0 Å². The third-order valence-corrected chi connectivity index (χ3v) is 3.89. The van der Waals surface area contributed by atoms with Gasteiger partial charge in [0.25, 0.3) is 0 Å². The third kappa shape index (κ3) is 1.99. The molecule has 0 radical (unpaired) electrons. The van der Waals surface area contributed by atoms with Crippen LogP contribution in [0.1, 0.15) is 10.4 Å². The van der Waals surface area contributed by atoms with Crippen LogP contribution in [0.25, 0.3) is 22.2 Å². The number of hydrogen-bond donors (Lipinski definition) is 1. The van der Waals surface area contributed by atoms with Gasteiger partial charge >= 0.3 is 0 Å². The molecule has 1 aromatic heterocycles. The average Bonchev–Trinajstić information content (AvgIpc) is 2.82. The van der Waals surface area contributed by atoms with E-state index in [1.54, 1.807) is 30.3 Å². The van der Waals surface area contributed by atoms with E-state index in [1.807, 2.05) is 0 Å². The molecule has 100 valence electrons. The molecule has 2 nitrogen and oxygen atoms in total. The van der Waals surface area contributed by atoms with E-state index in [0.29, 0.717) is 44.1 Å². The molecule has 3 aromatic rings. The summed E-state index contributed by atoms with van der Waals surface area (Å²) in [7, 11) is 0. The number of fused-ring (bicyclic) bond motifs is 1. The van der Waals surface area contributed by atoms with Gasteiger partial charge in [-0.25, -0.2) is 4.39 Å². The number of aldehydes is 1. The highest BCUT2D eigenvalue weighted by Crippen LogP contribution is 2.33. The molecule has 2 aromatic carbocycles. The maximum atomic E-state index is 13.8. The van der Waals surface area contributed by atoms with Crippen LogP contribution in [0.5, 0.6) is 0 Å². The number of carbonyl (C=O) groups is 1. The maximum Gasteiger partial charge on any atom is 0.152 e. The minimum Gasteiger partial charge on any atom is -0.352 e. The summed E-state index contributed by atoms with van der Waals surface area (Å²) in [5, 5.41) is 1.34. The van der Waals surface area contributed by atoms with E-state index in [9.17, 15) is 9.18 Å². The van der Waals surface area contributed by atoms with Crippen LogP contribution in [-0.4, -0.2) is 11.3 Å². The van der Waals surface area contributed by atoms with Gasteiger partial charge in [-0.1, -0.05) is 41.4 Å². The molecule has 3 rings (SSSR count). The molecule has 0 spiro atoms. The van der Waals surface area contributed by atoms with Crippen LogP contribution in [0.4, 0.5) is 4.39 Å². The Morgan fingerprint density at radius 3 is 2.60 bits per heavy atom. The van der Waals surface area contributed by atoms with Gasteiger partial charge in [0.2, 0.25) is 0 Å². The van der Waals surface area contributed by atoms with E-state index >= 15 is 0 Å². The van der Waals surface area contributed by atoms with Crippen LogP contribution >= 0.6 is 23.2 Å². The molecule has 0 bridgehead atoms. The summed E-state index contributed by atoms with van der Waals surface area (Å²) < 4.78 is 13.8. The Kier molecular flexibility index (Phi) is 3.24. The number of carbonyl (C=O) groups excluding carboxylic acids is 1. The molecule has 20 heavy (non-hydrogen) atoms. The molecular formula is C15H8Cl2FNO. The monoisotopic (exact) mass is 307 g/mol. The molecule has 0 aliphatic carbocycles. The first-order chi connectivity index (χ1) is 9.61. The van der Waals surface area contributed by atoms with Gasteiger partial charge in [0.15, 0.2) is 6.29 Å². The normalized spacial score (nSPS) is 10.9. The molecule has 0 unspecified atom stereocenters. The Bertz CT molecular complexity index is 826. The van der Waals surface area contributed by atoms with E-state index in [0.717, 1.165) is 0 Å². The lowest BCUT2D eigenvalue weighted by atomic mass is 10.1. The third-order valence-electron chi connectivity index (χ3n) is 3.15. The first kappa shape index (κ1) is 13.2. The summed E-state index contributed by atoms with van der Waals surface area (Å²) in [6.45, 7) is 0. The first-order valence-corrected chi connectivity index (χ1v) is 6.58. The van der Waals surface area contributed by atoms with Crippen molar-refractivity contribution in [2.75, 3.05) is 0 Å². The van der Waals surface area contributed by atoms with Crippen molar-refractivity contribution in [1.29, 1.82) is 0 Å². The molecule has 0 saturated carbocycles. The van der Waals surface area contributed by atoms with Crippen molar-refractivity contribution in [3.05, 3.63) is 57.8 Å². The molecule has 0 aliphatic rings. The topological polar surface area (TPSA) is 32.9 Å². The van der Waals surface area contributed by atoms with Crippen LogP contribution in [0.3, 0.4) is 0 Å². The Labute approximate surface area is 124 Å².